The molecule has 0 spiro atoms. The SMILES string of the molecule is CCOc1cc(C(=O)N/N=C/c2cc(Br)ccc2OCC(=O)Nc2ccc(Cl)cc2)ccc1OC. The number of benzene rings is 3. The molecule has 10 heteroatoms. The number of nitrogens with zero attached hydrogens (tertiary/aromatic N) is 1. The molecular weight excluding hydrogens is 538 g/mol. The fourth-order valence-electron chi connectivity index (χ4n) is 2.94. The quantitative estimate of drug-likeness (QED) is 0.259. The van der Waals surface area contributed by atoms with E-state index in [9.17, 15) is 9.59 Å². The Morgan fingerprint density at radius 2 is 1.74 bits per heavy atom. The Morgan fingerprint density at radius 3 is 2.46 bits per heavy atom. The first-order valence-electron chi connectivity index (χ1n) is 10.5. The van der Waals surface area contributed by atoms with E-state index < -0.39 is 5.91 Å². The minimum Gasteiger partial charge on any atom is -0.493 e. The molecule has 0 aromatic heterocycles. The number of rotatable bonds is 10. The summed E-state index contributed by atoms with van der Waals surface area (Å²) in [5.41, 5.74) is 4.00. The molecule has 0 unspecified atom stereocenters. The number of ether oxygens (including phenoxy) is 3. The number of hydrogen-bond acceptors (Lipinski definition) is 6. The lowest BCUT2D eigenvalue weighted by Gasteiger charge is -2.11. The van der Waals surface area contributed by atoms with Gasteiger partial charge < -0.3 is 19.5 Å². The number of methoxy groups -OCH3 is 1. The second-order valence-corrected chi connectivity index (χ2v) is 8.38. The predicted octanol–water partition coefficient (Wildman–Crippen LogP) is 5.29. The van der Waals surface area contributed by atoms with Gasteiger partial charge in [-0.05, 0) is 67.6 Å². The van der Waals surface area contributed by atoms with Crippen molar-refractivity contribution in [2.45, 2.75) is 6.92 Å². The number of carbonyl (C=O) groups excluding carboxylic acids is 2. The van der Waals surface area contributed by atoms with Crippen molar-refractivity contribution in [3.8, 4) is 17.2 Å². The molecule has 182 valence electrons. The van der Waals surface area contributed by atoms with Crippen LogP contribution in [0.4, 0.5) is 5.69 Å². The molecule has 0 saturated heterocycles. The van der Waals surface area contributed by atoms with Crippen molar-refractivity contribution in [1.82, 2.24) is 5.43 Å². The van der Waals surface area contributed by atoms with Crippen molar-refractivity contribution in [1.29, 1.82) is 0 Å². The zero-order chi connectivity index (χ0) is 25.2. The summed E-state index contributed by atoms with van der Waals surface area (Å²) < 4.78 is 17.2. The van der Waals surface area contributed by atoms with Gasteiger partial charge in [0.05, 0.1) is 19.9 Å². The largest absolute Gasteiger partial charge is 0.493 e. The molecule has 2 amide bonds. The van der Waals surface area contributed by atoms with Gasteiger partial charge in [0, 0.05) is 26.3 Å². The Morgan fingerprint density at radius 1 is 1.00 bits per heavy atom. The van der Waals surface area contributed by atoms with Crippen LogP contribution in [0.2, 0.25) is 5.02 Å². The summed E-state index contributed by atoms with van der Waals surface area (Å²) in [6.45, 7) is 2.06. The topological polar surface area (TPSA) is 98.3 Å². The molecule has 0 aliphatic carbocycles. The number of anilines is 1. The van der Waals surface area contributed by atoms with Gasteiger partial charge in [-0.2, -0.15) is 5.10 Å². The minimum atomic E-state index is -0.426. The van der Waals surface area contributed by atoms with Crippen LogP contribution in [0.15, 0.2) is 70.2 Å². The predicted molar refractivity (Wildman–Crippen MR) is 139 cm³/mol. The molecule has 35 heavy (non-hydrogen) atoms. The van der Waals surface area contributed by atoms with Gasteiger partial charge in [0.1, 0.15) is 5.75 Å². The van der Waals surface area contributed by atoms with Crippen molar-refractivity contribution in [3.05, 3.63) is 81.3 Å². The molecule has 0 fully saturated rings. The number of carbonyl (C=O) groups is 2. The van der Waals surface area contributed by atoms with Gasteiger partial charge in [0.15, 0.2) is 18.1 Å². The summed E-state index contributed by atoms with van der Waals surface area (Å²) in [6, 6.07) is 16.8. The molecule has 0 atom stereocenters. The average molecular weight is 561 g/mol. The number of halogens is 2. The Labute approximate surface area is 216 Å². The molecular formula is C25H23BrClN3O5. The van der Waals surface area contributed by atoms with Crippen LogP contribution in [0.5, 0.6) is 17.2 Å². The number of amides is 2. The van der Waals surface area contributed by atoms with Crippen LogP contribution >= 0.6 is 27.5 Å². The molecule has 3 rings (SSSR count). The summed E-state index contributed by atoms with van der Waals surface area (Å²) in [4.78, 5) is 24.8. The Bertz CT molecular complexity index is 1220. The van der Waals surface area contributed by atoms with E-state index in [1.54, 1.807) is 60.7 Å². The molecule has 3 aromatic rings. The van der Waals surface area contributed by atoms with Crippen molar-refractivity contribution in [3.63, 3.8) is 0 Å². The van der Waals surface area contributed by atoms with Crippen LogP contribution in [-0.2, 0) is 4.79 Å². The normalized spacial score (nSPS) is 10.6. The zero-order valence-corrected chi connectivity index (χ0v) is 21.4. The van der Waals surface area contributed by atoms with Gasteiger partial charge in [-0.1, -0.05) is 27.5 Å². The monoisotopic (exact) mass is 559 g/mol. The van der Waals surface area contributed by atoms with Crippen LogP contribution < -0.4 is 25.0 Å². The van der Waals surface area contributed by atoms with Gasteiger partial charge in [0.25, 0.3) is 11.8 Å². The third kappa shape index (κ3) is 7.73. The maximum Gasteiger partial charge on any atom is 0.271 e. The summed E-state index contributed by atoms with van der Waals surface area (Å²) >= 11 is 9.26. The van der Waals surface area contributed by atoms with E-state index in [4.69, 9.17) is 25.8 Å². The Balaban J connectivity index is 1.63. The third-order valence-electron chi connectivity index (χ3n) is 4.55. The van der Waals surface area contributed by atoms with Crippen LogP contribution in [0.1, 0.15) is 22.8 Å². The summed E-state index contributed by atoms with van der Waals surface area (Å²) in [5, 5.41) is 7.33. The Kier molecular flexibility index (Phi) is 9.51. The van der Waals surface area contributed by atoms with E-state index >= 15 is 0 Å². The van der Waals surface area contributed by atoms with Gasteiger partial charge in [-0.25, -0.2) is 5.43 Å². The lowest BCUT2D eigenvalue weighted by atomic mass is 10.2. The molecule has 0 heterocycles. The highest BCUT2D eigenvalue weighted by molar-refractivity contribution is 9.10. The maximum absolute atomic E-state index is 12.5. The van der Waals surface area contributed by atoms with Crippen LogP contribution in [0.3, 0.4) is 0 Å². The van der Waals surface area contributed by atoms with Crippen molar-refractivity contribution >= 4 is 51.2 Å². The zero-order valence-electron chi connectivity index (χ0n) is 19.0. The standard InChI is InChI=1S/C25H23BrClN3O5/c1-3-34-23-13-16(4-10-22(23)33-2)25(32)30-28-14-17-12-18(26)5-11-21(17)35-15-24(31)29-20-8-6-19(27)7-9-20/h4-14H,3,15H2,1-2H3,(H,29,31)(H,30,32)/b28-14+. The van der Waals surface area contributed by atoms with E-state index in [1.807, 2.05) is 6.92 Å². The number of nitrogens with one attached hydrogen (secondary N) is 2. The first-order chi connectivity index (χ1) is 16.9. The smallest absolute Gasteiger partial charge is 0.271 e. The highest BCUT2D eigenvalue weighted by Crippen LogP contribution is 2.28. The molecule has 0 aliphatic heterocycles. The lowest BCUT2D eigenvalue weighted by Crippen LogP contribution is -2.20. The molecule has 2 N–H and O–H groups in total. The first kappa shape index (κ1) is 26.1. The van der Waals surface area contributed by atoms with Crippen molar-refractivity contribution in [2.75, 3.05) is 25.6 Å². The van der Waals surface area contributed by atoms with Crippen molar-refractivity contribution < 1.29 is 23.8 Å². The minimum absolute atomic E-state index is 0.219. The van der Waals surface area contributed by atoms with Gasteiger partial charge in [0.2, 0.25) is 0 Å². The fourth-order valence-corrected chi connectivity index (χ4v) is 3.44. The van der Waals surface area contributed by atoms with Gasteiger partial charge in [-0.3, -0.25) is 9.59 Å². The van der Waals surface area contributed by atoms with Crippen LogP contribution in [-0.4, -0.2) is 38.4 Å². The van der Waals surface area contributed by atoms with E-state index in [-0.39, 0.29) is 12.5 Å². The summed E-state index contributed by atoms with van der Waals surface area (Å²) in [5.74, 6) is 0.648. The molecule has 0 aliphatic rings. The number of hydrogen-bond donors (Lipinski definition) is 2. The van der Waals surface area contributed by atoms with E-state index in [1.165, 1.54) is 13.3 Å². The molecule has 0 radical (unpaired) electrons. The van der Waals surface area contributed by atoms with E-state index in [0.717, 1.165) is 4.47 Å². The lowest BCUT2D eigenvalue weighted by molar-refractivity contribution is -0.118. The highest BCUT2D eigenvalue weighted by atomic mass is 79.9. The first-order valence-corrected chi connectivity index (χ1v) is 11.7. The second-order valence-electron chi connectivity index (χ2n) is 7.02. The molecule has 8 nitrogen and oxygen atoms in total. The summed E-state index contributed by atoms with van der Waals surface area (Å²) in [6.07, 6.45) is 1.43. The maximum atomic E-state index is 12.5. The summed E-state index contributed by atoms with van der Waals surface area (Å²) in [7, 11) is 1.53. The number of hydrazone groups is 1. The van der Waals surface area contributed by atoms with Crippen molar-refractivity contribution in [2.24, 2.45) is 5.10 Å². The van der Waals surface area contributed by atoms with E-state index in [2.05, 4.69) is 31.8 Å². The third-order valence-corrected chi connectivity index (χ3v) is 5.30. The second kappa shape index (κ2) is 12.8. The average Bonchev–Trinajstić information content (AvgIpc) is 2.85. The molecule has 0 bridgehead atoms. The molecule has 0 saturated carbocycles. The molecule has 3 aromatic carbocycles. The van der Waals surface area contributed by atoms with Gasteiger partial charge >= 0.3 is 0 Å². The highest BCUT2D eigenvalue weighted by Gasteiger charge is 2.11. The van der Waals surface area contributed by atoms with Crippen LogP contribution in [0.25, 0.3) is 0 Å². The van der Waals surface area contributed by atoms with Gasteiger partial charge in [-0.15, -0.1) is 0 Å². The van der Waals surface area contributed by atoms with Crippen LogP contribution in [0, 0.1) is 0 Å². The Hall–Kier alpha value is -3.56. The fraction of sp³-hybridized carbons (Fsp3) is 0.160. The van der Waals surface area contributed by atoms with E-state index in [0.29, 0.717) is 45.7 Å².